The molecule has 0 unspecified atom stereocenters. The third kappa shape index (κ3) is 2.02. The van der Waals surface area contributed by atoms with E-state index >= 15 is 0 Å². The summed E-state index contributed by atoms with van der Waals surface area (Å²) in [7, 11) is 0. The van der Waals surface area contributed by atoms with Gasteiger partial charge in [-0.25, -0.2) is 0 Å². The fraction of sp³-hybridized carbons (Fsp3) is 0.214. The molecule has 0 aliphatic carbocycles. The zero-order valence-electron chi connectivity index (χ0n) is 9.77. The smallest absolute Gasteiger partial charge is 0.253 e. The number of carbonyl (C=O) groups excluding carboxylic acids is 1. The number of rotatable bonds is 1. The van der Waals surface area contributed by atoms with Crippen LogP contribution in [0.25, 0.3) is 10.8 Å². The molecular weight excluding hydrogens is 292 g/mol. The molecule has 0 saturated carbocycles. The highest BCUT2D eigenvalue weighted by atomic mass is 79.9. The van der Waals surface area contributed by atoms with E-state index < -0.39 is 0 Å². The Morgan fingerprint density at radius 3 is 2.56 bits per heavy atom. The van der Waals surface area contributed by atoms with Crippen LogP contribution in [0.3, 0.4) is 0 Å². The zero-order valence-corrected chi connectivity index (χ0v) is 11.4. The SMILES string of the molecule is NC1CN(C(=O)c2ccc3cc(Br)ccc3c2)C1. The Morgan fingerprint density at radius 1 is 1.17 bits per heavy atom. The van der Waals surface area contributed by atoms with Crippen molar-refractivity contribution in [2.24, 2.45) is 5.73 Å². The third-order valence-corrected chi connectivity index (χ3v) is 3.74. The first-order valence-corrected chi connectivity index (χ1v) is 6.67. The Hall–Kier alpha value is -1.39. The lowest BCUT2D eigenvalue weighted by atomic mass is 10.0. The zero-order chi connectivity index (χ0) is 12.7. The van der Waals surface area contributed by atoms with Gasteiger partial charge in [-0.1, -0.05) is 28.1 Å². The van der Waals surface area contributed by atoms with Crippen LogP contribution >= 0.6 is 15.9 Å². The molecule has 1 amide bonds. The molecule has 1 heterocycles. The summed E-state index contributed by atoms with van der Waals surface area (Å²) in [6.45, 7) is 1.33. The van der Waals surface area contributed by atoms with Crippen molar-refractivity contribution in [3.05, 3.63) is 46.4 Å². The predicted molar refractivity (Wildman–Crippen MR) is 75.5 cm³/mol. The van der Waals surface area contributed by atoms with Gasteiger partial charge in [0.05, 0.1) is 0 Å². The maximum atomic E-state index is 12.1. The van der Waals surface area contributed by atoms with Crippen molar-refractivity contribution in [3.8, 4) is 0 Å². The Balaban J connectivity index is 1.93. The summed E-state index contributed by atoms with van der Waals surface area (Å²) in [5.41, 5.74) is 6.43. The molecule has 0 spiro atoms. The lowest BCUT2D eigenvalue weighted by molar-refractivity contribution is 0.0608. The molecule has 0 aromatic heterocycles. The van der Waals surface area contributed by atoms with Crippen LogP contribution < -0.4 is 5.73 Å². The van der Waals surface area contributed by atoms with Crippen LogP contribution in [-0.4, -0.2) is 29.9 Å². The lowest BCUT2D eigenvalue weighted by Crippen LogP contribution is -2.57. The minimum atomic E-state index is 0.0709. The first kappa shape index (κ1) is 11.7. The third-order valence-electron chi connectivity index (χ3n) is 3.25. The van der Waals surface area contributed by atoms with Gasteiger partial charge in [-0.3, -0.25) is 4.79 Å². The van der Waals surface area contributed by atoms with Gasteiger partial charge < -0.3 is 10.6 Å². The van der Waals surface area contributed by atoms with E-state index in [4.69, 9.17) is 5.73 Å². The van der Waals surface area contributed by atoms with Crippen LogP contribution in [0.4, 0.5) is 0 Å². The normalized spacial score (nSPS) is 15.8. The molecule has 0 bridgehead atoms. The van der Waals surface area contributed by atoms with Crippen LogP contribution in [0.15, 0.2) is 40.9 Å². The van der Waals surface area contributed by atoms with E-state index in [1.807, 2.05) is 36.4 Å². The van der Waals surface area contributed by atoms with E-state index in [-0.39, 0.29) is 11.9 Å². The molecule has 3 rings (SSSR count). The second kappa shape index (κ2) is 4.37. The molecule has 2 aromatic rings. The molecule has 2 aromatic carbocycles. The highest BCUT2D eigenvalue weighted by Gasteiger charge is 2.28. The summed E-state index contributed by atoms with van der Waals surface area (Å²) >= 11 is 3.44. The minimum absolute atomic E-state index is 0.0709. The van der Waals surface area contributed by atoms with Gasteiger partial charge in [0.15, 0.2) is 0 Å². The first-order valence-electron chi connectivity index (χ1n) is 5.88. The van der Waals surface area contributed by atoms with Gasteiger partial charge >= 0.3 is 0 Å². The standard InChI is InChI=1S/C14H13BrN2O/c15-12-4-3-9-5-11(2-1-10(9)6-12)14(18)17-7-13(16)8-17/h1-6,13H,7-8,16H2. The van der Waals surface area contributed by atoms with Crippen LogP contribution in [0.5, 0.6) is 0 Å². The predicted octanol–water partition coefficient (Wildman–Crippen LogP) is 2.39. The van der Waals surface area contributed by atoms with Gasteiger partial charge in [0.2, 0.25) is 0 Å². The second-order valence-electron chi connectivity index (χ2n) is 4.68. The monoisotopic (exact) mass is 304 g/mol. The van der Waals surface area contributed by atoms with Gasteiger partial charge in [0.25, 0.3) is 5.91 Å². The number of nitrogens with zero attached hydrogens (tertiary/aromatic N) is 1. The molecule has 0 atom stereocenters. The molecule has 2 N–H and O–H groups in total. The molecule has 1 fully saturated rings. The number of hydrogen-bond acceptors (Lipinski definition) is 2. The van der Waals surface area contributed by atoms with E-state index in [0.29, 0.717) is 13.1 Å². The number of hydrogen-bond donors (Lipinski definition) is 1. The number of likely N-dealkylation sites (tertiary alicyclic amines) is 1. The van der Waals surface area contributed by atoms with Crippen molar-refractivity contribution in [2.75, 3.05) is 13.1 Å². The van der Waals surface area contributed by atoms with Gasteiger partial charge in [0.1, 0.15) is 0 Å². The summed E-state index contributed by atoms with van der Waals surface area (Å²) in [5.74, 6) is 0.0709. The molecule has 92 valence electrons. The Kier molecular flexibility index (Phi) is 2.84. The van der Waals surface area contributed by atoms with Gasteiger partial charge in [-0.15, -0.1) is 0 Å². The molecule has 1 aliphatic rings. The van der Waals surface area contributed by atoms with Gasteiger partial charge in [0, 0.05) is 29.2 Å². The quantitative estimate of drug-likeness (QED) is 0.879. The highest BCUT2D eigenvalue weighted by molar-refractivity contribution is 9.10. The first-order chi connectivity index (χ1) is 8.63. The van der Waals surface area contributed by atoms with Crippen LogP contribution in [0.1, 0.15) is 10.4 Å². The van der Waals surface area contributed by atoms with Crippen LogP contribution in [0.2, 0.25) is 0 Å². The number of benzene rings is 2. The number of amides is 1. The highest BCUT2D eigenvalue weighted by Crippen LogP contribution is 2.22. The minimum Gasteiger partial charge on any atom is -0.335 e. The molecule has 0 radical (unpaired) electrons. The summed E-state index contributed by atoms with van der Waals surface area (Å²) in [6, 6.07) is 12.0. The second-order valence-corrected chi connectivity index (χ2v) is 5.59. The average molecular weight is 305 g/mol. The van der Waals surface area contributed by atoms with E-state index in [2.05, 4.69) is 15.9 Å². The van der Waals surface area contributed by atoms with E-state index in [9.17, 15) is 4.79 Å². The van der Waals surface area contributed by atoms with Crippen molar-refractivity contribution < 1.29 is 4.79 Å². The number of halogens is 1. The van der Waals surface area contributed by atoms with Crippen molar-refractivity contribution in [1.29, 1.82) is 0 Å². The molecule has 18 heavy (non-hydrogen) atoms. The molecule has 3 nitrogen and oxygen atoms in total. The number of fused-ring (bicyclic) bond motifs is 1. The van der Waals surface area contributed by atoms with E-state index in [0.717, 1.165) is 20.8 Å². The summed E-state index contributed by atoms with van der Waals surface area (Å²) in [4.78, 5) is 13.9. The summed E-state index contributed by atoms with van der Waals surface area (Å²) in [6.07, 6.45) is 0. The molecule has 4 heteroatoms. The van der Waals surface area contributed by atoms with Crippen molar-refractivity contribution in [2.45, 2.75) is 6.04 Å². The van der Waals surface area contributed by atoms with E-state index in [1.165, 1.54) is 0 Å². The fourth-order valence-corrected chi connectivity index (χ4v) is 2.59. The van der Waals surface area contributed by atoms with Gasteiger partial charge in [-0.2, -0.15) is 0 Å². The number of carbonyl (C=O) groups is 1. The molecular formula is C14H13BrN2O. The van der Waals surface area contributed by atoms with Crippen molar-refractivity contribution in [1.82, 2.24) is 4.90 Å². The average Bonchev–Trinajstić information content (AvgIpc) is 2.33. The number of nitrogens with two attached hydrogens (primary N) is 1. The van der Waals surface area contributed by atoms with Crippen molar-refractivity contribution in [3.63, 3.8) is 0 Å². The Morgan fingerprint density at radius 2 is 1.83 bits per heavy atom. The largest absolute Gasteiger partial charge is 0.335 e. The summed E-state index contributed by atoms with van der Waals surface area (Å²) in [5, 5.41) is 2.20. The van der Waals surface area contributed by atoms with Crippen molar-refractivity contribution >= 4 is 32.6 Å². The Bertz CT molecular complexity index is 620. The Labute approximate surface area is 114 Å². The van der Waals surface area contributed by atoms with Gasteiger partial charge in [-0.05, 0) is 35.0 Å². The maximum Gasteiger partial charge on any atom is 0.253 e. The lowest BCUT2D eigenvalue weighted by Gasteiger charge is -2.36. The van der Waals surface area contributed by atoms with Crippen LogP contribution in [-0.2, 0) is 0 Å². The topological polar surface area (TPSA) is 46.3 Å². The summed E-state index contributed by atoms with van der Waals surface area (Å²) < 4.78 is 1.04. The van der Waals surface area contributed by atoms with E-state index in [1.54, 1.807) is 4.90 Å². The maximum absolute atomic E-state index is 12.1. The molecule has 1 saturated heterocycles. The molecule has 1 aliphatic heterocycles. The van der Waals surface area contributed by atoms with Crippen LogP contribution in [0, 0.1) is 0 Å². The fourth-order valence-electron chi connectivity index (χ4n) is 2.21.